The molecule has 3 nitrogen and oxygen atoms in total. The zero-order valence-electron chi connectivity index (χ0n) is 10.4. The van der Waals surface area contributed by atoms with Crippen LogP contribution in [-0.2, 0) is 4.74 Å². The van der Waals surface area contributed by atoms with E-state index in [1.165, 1.54) is 6.42 Å². The Hall–Kier alpha value is -0.120. The van der Waals surface area contributed by atoms with E-state index in [4.69, 9.17) is 10.5 Å². The first-order chi connectivity index (χ1) is 6.97. The van der Waals surface area contributed by atoms with Crippen LogP contribution >= 0.6 is 0 Å². The fourth-order valence-electron chi connectivity index (χ4n) is 2.15. The molecule has 0 amide bonds. The Balaban J connectivity index is 2.34. The Morgan fingerprint density at radius 3 is 2.80 bits per heavy atom. The van der Waals surface area contributed by atoms with Crippen molar-refractivity contribution >= 4 is 0 Å². The van der Waals surface area contributed by atoms with Gasteiger partial charge in [-0.25, -0.2) is 0 Å². The van der Waals surface area contributed by atoms with E-state index in [2.05, 4.69) is 26.1 Å². The van der Waals surface area contributed by atoms with E-state index < -0.39 is 0 Å². The fraction of sp³-hybridized carbons (Fsp3) is 1.00. The van der Waals surface area contributed by atoms with Crippen molar-refractivity contribution in [3.63, 3.8) is 0 Å². The molecule has 2 atom stereocenters. The average molecular weight is 214 g/mol. The Kier molecular flexibility index (Phi) is 4.56. The average Bonchev–Trinajstić information content (AvgIpc) is 2.17. The van der Waals surface area contributed by atoms with E-state index in [-0.39, 0.29) is 11.1 Å². The normalized spacial score (nSPS) is 31.2. The molecule has 1 aliphatic heterocycles. The molecule has 0 aliphatic carbocycles. The van der Waals surface area contributed by atoms with Gasteiger partial charge in [0, 0.05) is 24.2 Å². The van der Waals surface area contributed by atoms with Crippen LogP contribution in [0, 0.1) is 0 Å². The minimum Gasteiger partial charge on any atom is -0.380 e. The molecule has 0 aromatic rings. The van der Waals surface area contributed by atoms with E-state index in [0.29, 0.717) is 0 Å². The van der Waals surface area contributed by atoms with Gasteiger partial charge in [0.15, 0.2) is 0 Å². The van der Waals surface area contributed by atoms with Gasteiger partial charge in [0.1, 0.15) is 0 Å². The zero-order chi connectivity index (χ0) is 11.4. The molecule has 1 heterocycles. The summed E-state index contributed by atoms with van der Waals surface area (Å²) < 4.78 is 5.51. The third kappa shape index (κ3) is 4.49. The SMILES string of the molecule is CCCC(C)(N)CNC1(C)CCCOC1. The fourth-order valence-corrected chi connectivity index (χ4v) is 2.15. The van der Waals surface area contributed by atoms with Crippen molar-refractivity contribution in [1.82, 2.24) is 5.32 Å². The van der Waals surface area contributed by atoms with Gasteiger partial charge < -0.3 is 15.8 Å². The second-order valence-electron chi connectivity index (χ2n) is 5.47. The molecule has 0 radical (unpaired) electrons. The summed E-state index contributed by atoms with van der Waals surface area (Å²) in [6.07, 6.45) is 4.55. The van der Waals surface area contributed by atoms with Crippen LogP contribution in [0.1, 0.15) is 46.5 Å². The first kappa shape index (κ1) is 12.9. The minimum atomic E-state index is -0.0881. The maximum atomic E-state index is 6.20. The third-order valence-corrected chi connectivity index (χ3v) is 3.18. The molecule has 0 spiro atoms. The monoisotopic (exact) mass is 214 g/mol. The number of nitrogens with two attached hydrogens (primary N) is 1. The molecule has 0 saturated carbocycles. The Morgan fingerprint density at radius 2 is 2.27 bits per heavy atom. The molecule has 0 aromatic heterocycles. The maximum absolute atomic E-state index is 6.20. The molecular formula is C12H26N2O. The molecule has 1 rings (SSSR count). The first-order valence-corrected chi connectivity index (χ1v) is 6.09. The van der Waals surface area contributed by atoms with E-state index in [9.17, 15) is 0 Å². The van der Waals surface area contributed by atoms with E-state index >= 15 is 0 Å². The van der Waals surface area contributed by atoms with Gasteiger partial charge in [-0.05, 0) is 33.1 Å². The van der Waals surface area contributed by atoms with Crippen molar-refractivity contribution < 1.29 is 4.74 Å². The highest BCUT2D eigenvalue weighted by atomic mass is 16.5. The first-order valence-electron chi connectivity index (χ1n) is 6.09. The topological polar surface area (TPSA) is 47.3 Å². The van der Waals surface area contributed by atoms with Crippen molar-refractivity contribution in [3.8, 4) is 0 Å². The highest BCUT2D eigenvalue weighted by molar-refractivity contribution is 4.90. The van der Waals surface area contributed by atoms with Crippen LogP contribution in [0.25, 0.3) is 0 Å². The van der Waals surface area contributed by atoms with Crippen LogP contribution in [0.5, 0.6) is 0 Å². The molecule has 3 heteroatoms. The third-order valence-electron chi connectivity index (χ3n) is 3.18. The Bertz CT molecular complexity index is 186. The smallest absolute Gasteiger partial charge is 0.0645 e. The summed E-state index contributed by atoms with van der Waals surface area (Å²) in [5.41, 5.74) is 6.24. The van der Waals surface area contributed by atoms with E-state index in [1.54, 1.807) is 0 Å². The van der Waals surface area contributed by atoms with Crippen LogP contribution in [0.15, 0.2) is 0 Å². The number of hydrogen-bond donors (Lipinski definition) is 2. The quantitative estimate of drug-likeness (QED) is 0.732. The number of hydrogen-bond acceptors (Lipinski definition) is 3. The molecule has 90 valence electrons. The lowest BCUT2D eigenvalue weighted by Gasteiger charge is -2.37. The second kappa shape index (κ2) is 5.28. The van der Waals surface area contributed by atoms with Gasteiger partial charge in [-0.2, -0.15) is 0 Å². The number of nitrogens with one attached hydrogen (secondary N) is 1. The molecule has 0 bridgehead atoms. The zero-order valence-corrected chi connectivity index (χ0v) is 10.4. The van der Waals surface area contributed by atoms with Crippen LogP contribution in [-0.4, -0.2) is 30.8 Å². The summed E-state index contributed by atoms with van der Waals surface area (Å²) in [5.74, 6) is 0. The van der Waals surface area contributed by atoms with Gasteiger partial charge in [0.25, 0.3) is 0 Å². The lowest BCUT2D eigenvalue weighted by Crippen LogP contribution is -2.56. The second-order valence-corrected chi connectivity index (χ2v) is 5.47. The minimum absolute atomic E-state index is 0.0881. The summed E-state index contributed by atoms with van der Waals surface area (Å²) in [4.78, 5) is 0. The van der Waals surface area contributed by atoms with Crippen molar-refractivity contribution in [2.45, 2.75) is 57.5 Å². The maximum Gasteiger partial charge on any atom is 0.0645 e. The van der Waals surface area contributed by atoms with Gasteiger partial charge in [-0.3, -0.25) is 0 Å². The predicted octanol–water partition coefficient (Wildman–Crippen LogP) is 1.66. The van der Waals surface area contributed by atoms with Gasteiger partial charge in [0.2, 0.25) is 0 Å². The lowest BCUT2D eigenvalue weighted by atomic mass is 9.91. The van der Waals surface area contributed by atoms with Gasteiger partial charge >= 0.3 is 0 Å². The summed E-state index contributed by atoms with van der Waals surface area (Å²) in [6, 6.07) is 0. The summed E-state index contributed by atoms with van der Waals surface area (Å²) in [6.45, 7) is 9.13. The van der Waals surface area contributed by atoms with E-state index in [1.807, 2.05) is 0 Å². The van der Waals surface area contributed by atoms with Gasteiger partial charge in [-0.1, -0.05) is 13.3 Å². The number of ether oxygens (including phenoxy) is 1. The molecule has 1 aliphatic rings. The lowest BCUT2D eigenvalue weighted by molar-refractivity contribution is 0.0262. The standard InChI is InChI=1S/C12H26N2O/c1-4-6-11(2,13)9-14-12(3)7-5-8-15-10-12/h14H,4-10,13H2,1-3H3. The highest BCUT2D eigenvalue weighted by Crippen LogP contribution is 2.19. The predicted molar refractivity (Wildman–Crippen MR) is 64.0 cm³/mol. The van der Waals surface area contributed by atoms with Gasteiger partial charge in [-0.15, -0.1) is 0 Å². The van der Waals surface area contributed by atoms with Crippen LogP contribution < -0.4 is 11.1 Å². The van der Waals surface area contributed by atoms with Crippen molar-refractivity contribution in [1.29, 1.82) is 0 Å². The van der Waals surface area contributed by atoms with Crippen molar-refractivity contribution in [2.75, 3.05) is 19.8 Å². The van der Waals surface area contributed by atoms with Crippen molar-refractivity contribution in [2.24, 2.45) is 5.73 Å². The summed E-state index contributed by atoms with van der Waals surface area (Å²) >= 11 is 0. The van der Waals surface area contributed by atoms with Crippen LogP contribution in [0.2, 0.25) is 0 Å². The Morgan fingerprint density at radius 1 is 1.53 bits per heavy atom. The van der Waals surface area contributed by atoms with Gasteiger partial charge in [0.05, 0.1) is 6.61 Å². The highest BCUT2D eigenvalue weighted by Gasteiger charge is 2.29. The largest absolute Gasteiger partial charge is 0.380 e. The number of rotatable bonds is 5. The molecule has 0 aromatic carbocycles. The molecule has 2 unspecified atom stereocenters. The molecule has 3 N–H and O–H groups in total. The molecule has 1 fully saturated rings. The molecule has 15 heavy (non-hydrogen) atoms. The summed E-state index contributed by atoms with van der Waals surface area (Å²) in [5, 5.41) is 3.57. The molecular weight excluding hydrogens is 188 g/mol. The van der Waals surface area contributed by atoms with Crippen LogP contribution in [0.4, 0.5) is 0 Å². The van der Waals surface area contributed by atoms with Crippen LogP contribution in [0.3, 0.4) is 0 Å². The van der Waals surface area contributed by atoms with E-state index in [0.717, 1.165) is 39.0 Å². The summed E-state index contributed by atoms with van der Waals surface area (Å²) in [7, 11) is 0. The molecule has 1 saturated heterocycles. The Labute approximate surface area is 93.8 Å². The van der Waals surface area contributed by atoms with Crippen molar-refractivity contribution in [3.05, 3.63) is 0 Å².